The van der Waals surface area contributed by atoms with E-state index in [-0.39, 0.29) is 24.6 Å². The van der Waals surface area contributed by atoms with Crippen LogP contribution in [0.15, 0.2) is 52.1 Å². The molecule has 1 aromatic heterocycles. The Kier molecular flexibility index (Phi) is 5.77. The lowest BCUT2D eigenvalue weighted by Gasteiger charge is -2.34. The van der Waals surface area contributed by atoms with Gasteiger partial charge < -0.3 is 9.80 Å². The summed E-state index contributed by atoms with van der Waals surface area (Å²) >= 11 is 0. The third-order valence-corrected chi connectivity index (χ3v) is 6.62. The number of amides is 2. The van der Waals surface area contributed by atoms with E-state index in [4.69, 9.17) is 0 Å². The van der Waals surface area contributed by atoms with Crippen LogP contribution in [0.25, 0.3) is 10.9 Å². The van der Waals surface area contributed by atoms with E-state index < -0.39 is 23.0 Å². The summed E-state index contributed by atoms with van der Waals surface area (Å²) in [5.74, 6) is -0.635. The molecule has 9 heteroatoms. The molecule has 176 valence electrons. The minimum atomic E-state index is -0.684. The number of aromatic nitrogens is 2. The third-order valence-electron chi connectivity index (χ3n) is 6.62. The number of benzene rings is 2. The van der Waals surface area contributed by atoms with Crippen molar-refractivity contribution in [3.8, 4) is 0 Å². The molecule has 2 heterocycles. The number of hydrogen-bond donors (Lipinski definition) is 1. The number of H-pyrrole nitrogens is 1. The van der Waals surface area contributed by atoms with Crippen LogP contribution in [0.1, 0.15) is 35.2 Å². The van der Waals surface area contributed by atoms with Crippen LogP contribution in [0.5, 0.6) is 0 Å². The van der Waals surface area contributed by atoms with Crippen LogP contribution in [0.2, 0.25) is 0 Å². The van der Waals surface area contributed by atoms with E-state index >= 15 is 0 Å². The van der Waals surface area contributed by atoms with E-state index in [1.807, 2.05) is 0 Å². The monoisotopic (exact) mass is 464 g/mol. The van der Waals surface area contributed by atoms with Crippen LogP contribution >= 0.6 is 0 Å². The summed E-state index contributed by atoms with van der Waals surface area (Å²) in [7, 11) is 0. The third kappa shape index (κ3) is 4.37. The van der Waals surface area contributed by atoms with Crippen molar-refractivity contribution in [1.82, 2.24) is 19.4 Å². The van der Waals surface area contributed by atoms with E-state index in [0.717, 1.165) is 12.3 Å². The van der Waals surface area contributed by atoms with Crippen molar-refractivity contribution >= 4 is 22.7 Å². The second kappa shape index (κ2) is 8.89. The van der Waals surface area contributed by atoms with Gasteiger partial charge in [0, 0.05) is 19.6 Å². The maximum absolute atomic E-state index is 14.6. The summed E-state index contributed by atoms with van der Waals surface area (Å²) in [4.78, 5) is 55.6. The van der Waals surface area contributed by atoms with Crippen molar-refractivity contribution in [3.05, 3.63) is 80.2 Å². The Morgan fingerprint density at radius 3 is 2.62 bits per heavy atom. The van der Waals surface area contributed by atoms with Crippen molar-refractivity contribution in [3.63, 3.8) is 0 Å². The fourth-order valence-electron chi connectivity index (χ4n) is 4.45. The standard InChI is InChI=1S/C25H25FN4O4/c26-20-8-7-17(14-30-21-4-2-1-3-18(21)23(32)27-25(30)34)13-19(20)24(33)29-12-11-28(22(31)15-29)10-9-16-5-6-16/h1-4,7-8,13,16H,5-6,9-12,14-15H2,(H,27,32,34). The highest BCUT2D eigenvalue weighted by Gasteiger charge is 2.30. The number of fused-ring (bicyclic) bond motifs is 1. The van der Waals surface area contributed by atoms with E-state index in [1.165, 1.54) is 40.5 Å². The highest BCUT2D eigenvalue weighted by Crippen LogP contribution is 2.32. The highest BCUT2D eigenvalue weighted by atomic mass is 19.1. The van der Waals surface area contributed by atoms with Crippen LogP contribution in [0.3, 0.4) is 0 Å². The number of rotatable bonds is 6. The normalized spacial score (nSPS) is 16.3. The molecule has 2 amide bonds. The van der Waals surface area contributed by atoms with Crippen molar-refractivity contribution in [1.29, 1.82) is 0 Å². The van der Waals surface area contributed by atoms with Crippen LogP contribution < -0.4 is 11.2 Å². The smallest absolute Gasteiger partial charge is 0.329 e. The molecule has 1 saturated carbocycles. The molecule has 0 bridgehead atoms. The van der Waals surface area contributed by atoms with Gasteiger partial charge in [-0.1, -0.05) is 31.0 Å². The fraction of sp³-hybridized carbons (Fsp3) is 0.360. The number of carbonyl (C=O) groups excluding carboxylic acids is 2. The van der Waals surface area contributed by atoms with Crippen LogP contribution in [-0.2, 0) is 11.3 Å². The summed E-state index contributed by atoms with van der Waals surface area (Å²) < 4.78 is 16.0. The van der Waals surface area contributed by atoms with E-state index in [0.29, 0.717) is 36.1 Å². The van der Waals surface area contributed by atoms with Gasteiger partial charge in [0.1, 0.15) is 12.4 Å². The predicted octanol–water partition coefficient (Wildman–Crippen LogP) is 1.96. The number of para-hydroxylation sites is 1. The highest BCUT2D eigenvalue weighted by molar-refractivity contribution is 5.97. The first-order valence-corrected chi connectivity index (χ1v) is 11.5. The van der Waals surface area contributed by atoms with Crippen LogP contribution in [0, 0.1) is 11.7 Å². The minimum absolute atomic E-state index is 0.0462. The number of carbonyl (C=O) groups is 2. The molecule has 0 unspecified atom stereocenters. The number of nitrogens with one attached hydrogen (secondary N) is 1. The summed E-state index contributed by atoms with van der Waals surface area (Å²) in [6, 6.07) is 10.8. The lowest BCUT2D eigenvalue weighted by atomic mass is 10.1. The van der Waals surface area contributed by atoms with Gasteiger partial charge in [-0.2, -0.15) is 0 Å². The van der Waals surface area contributed by atoms with Gasteiger partial charge in [0.05, 0.1) is 23.0 Å². The number of hydrogen-bond acceptors (Lipinski definition) is 4. The number of aromatic amines is 1. The molecule has 8 nitrogen and oxygen atoms in total. The average molecular weight is 464 g/mol. The van der Waals surface area contributed by atoms with Gasteiger partial charge in [0.2, 0.25) is 5.91 Å². The fourth-order valence-corrected chi connectivity index (χ4v) is 4.45. The number of nitrogens with zero attached hydrogens (tertiary/aromatic N) is 3. The summed E-state index contributed by atoms with van der Waals surface area (Å²) in [5, 5.41) is 0.360. The summed E-state index contributed by atoms with van der Waals surface area (Å²) in [6.45, 7) is 1.47. The molecule has 5 rings (SSSR count). The van der Waals surface area contributed by atoms with Gasteiger partial charge in [-0.15, -0.1) is 0 Å². The maximum Gasteiger partial charge on any atom is 0.329 e. The quantitative estimate of drug-likeness (QED) is 0.603. The zero-order valence-corrected chi connectivity index (χ0v) is 18.6. The van der Waals surface area contributed by atoms with Gasteiger partial charge in [-0.25, -0.2) is 9.18 Å². The predicted molar refractivity (Wildman–Crippen MR) is 124 cm³/mol. The first-order chi connectivity index (χ1) is 16.4. The van der Waals surface area contributed by atoms with E-state index in [9.17, 15) is 23.6 Å². The molecule has 34 heavy (non-hydrogen) atoms. The molecule has 2 aliphatic rings. The lowest BCUT2D eigenvalue weighted by Crippen LogP contribution is -2.52. The SMILES string of the molecule is O=C1CN(C(=O)c2cc(Cn3c(=O)[nH]c(=O)c4ccccc43)ccc2F)CCN1CCC1CC1. The van der Waals surface area contributed by atoms with Crippen molar-refractivity contribution in [2.45, 2.75) is 25.8 Å². The van der Waals surface area contributed by atoms with Crippen LogP contribution in [-0.4, -0.2) is 57.3 Å². The second-order valence-electron chi connectivity index (χ2n) is 9.02. The molecular weight excluding hydrogens is 439 g/mol. The first-order valence-electron chi connectivity index (χ1n) is 11.5. The molecule has 1 aliphatic heterocycles. The molecule has 0 radical (unpaired) electrons. The number of piperazine rings is 1. The molecule has 1 aliphatic carbocycles. The molecule has 1 N–H and O–H groups in total. The van der Waals surface area contributed by atoms with Crippen molar-refractivity contribution in [2.75, 3.05) is 26.2 Å². The maximum atomic E-state index is 14.6. The molecule has 0 atom stereocenters. The van der Waals surface area contributed by atoms with Gasteiger partial charge >= 0.3 is 5.69 Å². The van der Waals surface area contributed by atoms with E-state index in [2.05, 4.69) is 4.98 Å². The topological polar surface area (TPSA) is 95.5 Å². The molecule has 1 saturated heterocycles. The van der Waals surface area contributed by atoms with Gasteiger partial charge in [0.15, 0.2) is 0 Å². The Balaban J connectivity index is 1.36. The Hall–Kier alpha value is -3.75. The van der Waals surface area contributed by atoms with Crippen molar-refractivity contribution in [2.24, 2.45) is 5.92 Å². The Morgan fingerprint density at radius 1 is 1.06 bits per heavy atom. The zero-order chi connectivity index (χ0) is 23.8. The van der Waals surface area contributed by atoms with Gasteiger partial charge in [-0.3, -0.25) is 23.9 Å². The molecule has 2 aromatic carbocycles. The molecule has 0 spiro atoms. The van der Waals surface area contributed by atoms with Crippen molar-refractivity contribution < 1.29 is 14.0 Å². The van der Waals surface area contributed by atoms with Crippen LogP contribution in [0.4, 0.5) is 4.39 Å². The van der Waals surface area contributed by atoms with Gasteiger partial charge in [0.25, 0.3) is 11.5 Å². The first kappa shape index (κ1) is 22.1. The minimum Gasteiger partial charge on any atom is -0.339 e. The Bertz CT molecular complexity index is 1390. The van der Waals surface area contributed by atoms with Gasteiger partial charge in [-0.05, 0) is 42.2 Å². The summed E-state index contributed by atoms with van der Waals surface area (Å²) in [5.41, 5.74) is -0.236. The lowest BCUT2D eigenvalue weighted by molar-refractivity contribution is -0.135. The zero-order valence-electron chi connectivity index (χ0n) is 18.6. The average Bonchev–Trinajstić information content (AvgIpc) is 3.66. The second-order valence-corrected chi connectivity index (χ2v) is 9.02. The largest absolute Gasteiger partial charge is 0.339 e. The molecule has 2 fully saturated rings. The van der Waals surface area contributed by atoms with E-state index in [1.54, 1.807) is 29.2 Å². The number of halogens is 1. The Labute approximate surface area is 194 Å². The summed E-state index contributed by atoms with van der Waals surface area (Å²) in [6.07, 6.45) is 3.45. The molecule has 3 aromatic rings. The molecular formula is C25H25FN4O4. The Morgan fingerprint density at radius 2 is 1.85 bits per heavy atom.